The third kappa shape index (κ3) is 1.86. The van der Waals surface area contributed by atoms with E-state index in [1.165, 1.54) is 12.1 Å². The van der Waals surface area contributed by atoms with Gasteiger partial charge in [0.2, 0.25) is 0 Å². The molecule has 2 N–H and O–H groups in total. The predicted octanol–water partition coefficient (Wildman–Crippen LogP) is 1.65. The Balaban J connectivity index is 1.85. The molecule has 2 heterocycles. The summed E-state index contributed by atoms with van der Waals surface area (Å²) >= 11 is 0. The van der Waals surface area contributed by atoms with Crippen molar-refractivity contribution in [1.29, 1.82) is 0 Å². The first-order chi connectivity index (χ1) is 8.65. The van der Waals surface area contributed by atoms with Crippen LogP contribution in [0.5, 0.6) is 0 Å². The van der Waals surface area contributed by atoms with Crippen LogP contribution in [0.3, 0.4) is 0 Å². The summed E-state index contributed by atoms with van der Waals surface area (Å²) in [5.41, 5.74) is 5.92. The van der Waals surface area contributed by atoms with Gasteiger partial charge >= 0.3 is 5.88 Å². The lowest BCUT2D eigenvalue weighted by Gasteiger charge is -2.01. The second-order valence-electron chi connectivity index (χ2n) is 4.22. The van der Waals surface area contributed by atoms with Crippen molar-refractivity contribution in [3.05, 3.63) is 28.1 Å². The Morgan fingerprint density at radius 2 is 2.28 bits per heavy atom. The molecular formula is C10H10N4O4. The number of aromatic nitrogens is 2. The fourth-order valence-electron chi connectivity index (χ4n) is 1.68. The van der Waals surface area contributed by atoms with Gasteiger partial charge in [-0.3, -0.25) is 10.1 Å². The van der Waals surface area contributed by atoms with E-state index in [0.717, 1.165) is 12.8 Å². The Bertz CT molecular complexity index is 586. The summed E-state index contributed by atoms with van der Waals surface area (Å²) in [5, 5.41) is 14.2. The summed E-state index contributed by atoms with van der Waals surface area (Å²) in [6.07, 6.45) is 2.13. The zero-order chi connectivity index (χ0) is 12.7. The molecule has 1 aliphatic rings. The van der Waals surface area contributed by atoms with Crippen LogP contribution in [0.2, 0.25) is 0 Å². The zero-order valence-electron chi connectivity index (χ0n) is 9.28. The number of nitrogens with zero attached hydrogens (tertiary/aromatic N) is 3. The van der Waals surface area contributed by atoms with Gasteiger partial charge < -0.3 is 14.7 Å². The maximum Gasteiger partial charge on any atom is 0.433 e. The van der Waals surface area contributed by atoms with Crippen LogP contribution in [0.1, 0.15) is 24.7 Å². The van der Waals surface area contributed by atoms with Gasteiger partial charge in [-0.15, -0.1) is 0 Å². The number of rotatable bonds is 4. The average Bonchev–Trinajstić information content (AvgIpc) is 2.90. The van der Waals surface area contributed by atoms with Crippen LogP contribution in [0.25, 0.3) is 11.7 Å². The van der Waals surface area contributed by atoms with Crippen molar-refractivity contribution in [3.63, 3.8) is 0 Å². The standard InChI is InChI=1S/C10H10N4O4/c11-8(5-1-2-5)9-12-10(18-13-9)6-3-4-7(17-6)14(15)16/h3-5,8H,1-2,11H2. The normalized spacial score (nSPS) is 16.7. The van der Waals surface area contributed by atoms with E-state index in [9.17, 15) is 10.1 Å². The van der Waals surface area contributed by atoms with Gasteiger partial charge in [-0.05, 0) is 24.8 Å². The first kappa shape index (κ1) is 10.9. The molecule has 0 bridgehead atoms. The molecule has 8 nitrogen and oxygen atoms in total. The van der Waals surface area contributed by atoms with Crippen LogP contribution < -0.4 is 5.73 Å². The van der Waals surface area contributed by atoms with Gasteiger partial charge in [0.05, 0.1) is 12.1 Å². The van der Waals surface area contributed by atoms with Crippen LogP contribution in [0.15, 0.2) is 21.1 Å². The molecule has 0 aromatic carbocycles. The van der Waals surface area contributed by atoms with Gasteiger partial charge in [-0.25, -0.2) is 0 Å². The summed E-state index contributed by atoms with van der Waals surface area (Å²) in [4.78, 5) is 13.9. The minimum Gasteiger partial charge on any atom is -0.395 e. The summed E-state index contributed by atoms with van der Waals surface area (Å²) in [7, 11) is 0. The Hall–Kier alpha value is -2.22. The average molecular weight is 250 g/mol. The lowest BCUT2D eigenvalue weighted by atomic mass is 10.2. The van der Waals surface area contributed by atoms with Gasteiger partial charge in [0.15, 0.2) is 11.6 Å². The van der Waals surface area contributed by atoms with Gasteiger partial charge in [0, 0.05) is 0 Å². The molecule has 3 rings (SSSR count). The smallest absolute Gasteiger partial charge is 0.395 e. The Morgan fingerprint density at radius 1 is 1.50 bits per heavy atom. The molecule has 1 saturated carbocycles. The van der Waals surface area contributed by atoms with Gasteiger partial charge in [-0.2, -0.15) is 4.98 Å². The highest BCUT2D eigenvalue weighted by Crippen LogP contribution is 2.38. The van der Waals surface area contributed by atoms with Crippen molar-refractivity contribution in [1.82, 2.24) is 10.1 Å². The Morgan fingerprint density at radius 3 is 2.89 bits per heavy atom. The van der Waals surface area contributed by atoms with Crippen LogP contribution in [0.4, 0.5) is 5.88 Å². The van der Waals surface area contributed by atoms with E-state index in [4.69, 9.17) is 14.7 Å². The first-order valence-electron chi connectivity index (χ1n) is 5.49. The highest BCUT2D eigenvalue weighted by atomic mass is 16.6. The quantitative estimate of drug-likeness (QED) is 0.646. The molecule has 0 saturated heterocycles. The Kier molecular flexibility index (Phi) is 2.37. The number of nitrogens with two attached hydrogens (primary N) is 1. The van der Waals surface area contributed by atoms with E-state index in [-0.39, 0.29) is 23.6 Å². The molecule has 2 aromatic rings. The Labute approximate surface area is 101 Å². The van der Waals surface area contributed by atoms with Gasteiger partial charge in [0.1, 0.15) is 4.92 Å². The second kappa shape index (κ2) is 3.91. The van der Waals surface area contributed by atoms with E-state index in [1.807, 2.05) is 0 Å². The maximum atomic E-state index is 10.5. The SMILES string of the molecule is NC(c1noc(-c2ccc([N+](=O)[O-])o2)n1)C1CC1. The monoisotopic (exact) mass is 250 g/mol. The van der Waals surface area contributed by atoms with Crippen molar-refractivity contribution < 1.29 is 13.9 Å². The summed E-state index contributed by atoms with van der Waals surface area (Å²) in [5.74, 6) is 0.724. The molecule has 18 heavy (non-hydrogen) atoms. The summed E-state index contributed by atoms with van der Waals surface area (Å²) < 4.78 is 9.95. The first-order valence-corrected chi connectivity index (χ1v) is 5.49. The second-order valence-corrected chi connectivity index (χ2v) is 4.22. The molecule has 8 heteroatoms. The molecule has 0 aliphatic heterocycles. The molecule has 1 unspecified atom stereocenters. The number of nitro groups is 1. The topological polar surface area (TPSA) is 121 Å². The maximum absolute atomic E-state index is 10.5. The van der Waals surface area contributed by atoms with Crippen molar-refractivity contribution in [2.24, 2.45) is 11.7 Å². The lowest BCUT2D eigenvalue weighted by Crippen LogP contribution is -2.13. The fraction of sp³-hybridized carbons (Fsp3) is 0.400. The highest BCUT2D eigenvalue weighted by Gasteiger charge is 2.33. The third-order valence-electron chi connectivity index (χ3n) is 2.85. The van der Waals surface area contributed by atoms with Crippen molar-refractivity contribution >= 4 is 5.88 Å². The van der Waals surface area contributed by atoms with Crippen LogP contribution in [0, 0.1) is 16.0 Å². The minimum absolute atomic E-state index is 0.106. The summed E-state index contributed by atoms with van der Waals surface area (Å²) in [6, 6.07) is 2.41. The molecule has 2 aromatic heterocycles. The molecule has 0 radical (unpaired) electrons. The number of hydrogen-bond donors (Lipinski definition) is 1. The van der Waals surface area contributed by atoms with Crippen LogP contribution >= 0.6 is 0 Å². The van der Waals surface area contributed by atoms with Crippen molar-refractivity contribution in [3.8, 4) is 11.7 Å². The largest absolute Gasteiger partial charge is 0.433 e. The predicted molar refractivity (Wildman–Crippen MR) is 58.3 cm³/mol. The number of furan rings is 1. The van der Waals surface area contributed by atoms with Crippen molar-refractivity contribution in [2.75, 3.05) is 0 Å². The molecule has 0 amide bonds. The van der Waals surface area contributed by atoms with Crippen molar-refractivity contribution in [2.45, 2.75) is 18.9 Å². The van der Waals surface area contributed by atoms with E-state index < -0.39 is 4.92 Å². The molecule has 1 aliphatic carbocycles. The number of hydrogen-bond acceptors (Lipinski definition) is 7. The summed E-state index contributed by atoms with van der Waals surface area (Å²) in [6.45, 7) is 0. The molecule has 94 valence electrons. The molecular weight excluding hydrogens is 240 g/mol. The highest BCUT2D eigenvalue weighted by molar-refractivity contribution is 5.46. The molecule has 0 spiro atoms. The van der Waals surface area contributed by atoms with Crippen LogP contribution in [-0.2, 0) is 0 Å². The van der Waals surface area contributed by atoms with Gasteiger partial charge in [-0.1, -0.05) is 5.16 Å². The van der Waals surface area contributed by atoms with E-state index >= 15 is 0 Å². The van der Waals surface area contributed by atoms with Crippen LogP contribution in [-0.4, -0.2) is 15.1 Å². The molecule has 1 fully saturated rings. The lowest BCUT2D eigenvalue weighted by molar-refractivity contribution is -0.401. The third-order valence-corrected chi connectivity index (χ3v) is 2.85. The zero-order valence-corrected chi connectivity index (χ0v) is 9.28. The van der Waals surface area contributed by atoms with E-state index in [1.54, 1.807) is 0 Å². The molecule has 1 atom stereocenters. The van der Waals surface area contributed by atoms with E-state index in [2.05, 4.69) is 10.1 Å². The fourth-order valence-corrected chi connectivity index (χ4v) is 1.68. The van der Waals surface area contributed by atoms with Gasteiger partial charge in [0.25, 0.3) is 5.89 Å². The van der Waals surface area contributed by atoms with E-state index in [0.29, 0.717) is 11.7 Å². The minimum atomic E-state index is -0.628.